The molecule has 78 heavy (non-hydrogen) atoms. The molecule has 2 aliphatic carbocycles. The molecule has 4 heteroatoms. The van der Waals surface area contributed by atoms with Crippen molar-refractivity contribution in [1.29, 1.82) is 0 Å². The third-order valence-electron chi connectivity index (χ3n) is 13.3. The van der Waals surface area contributed by atoms with E-state index >= 15 is 0 Å². The first-order valence-electron chi connectivity index (χ1n) is 27.4. The molecule has 0 saturated carbocycles. The Morgan fingerprint density at radius 2 is 0.590 bits per heavy atom. The van der Waals surface area contributed by atoms with Gasteiger partial charge in [-0.15, -0.1) is 79.5 Å². The van der Waals surface area contributed by atoms with Gasteiger partial charge in [0.15, 0.2) is 0 Å². The molecule has 0 spiro atoms. The number of fused-ring (bicyclic) bond motifs is 6. The Hall–Kier alpha value is -5.45. The van der Waals surface area contributed by atoms with Gasteiger partial charge in [-0.1, -0.05) is 164 Å². The Morgan fingerprint density at radius 1 is 0.346 bits per heavy atom. The maximum absolute atomic E-state index is 3.50. The van der Waals surface area contributed by atoms with Gasteiger partial charge in [0.25, 0.3) is 0 Å². The van der Waals surface area contributed by atoms with Crippen molar-refractivity contribution in [2.24, 2.45) is 11.8 Å². The summed E-state index contributed by atoms with van der Waals surface area (Å²) < 4.78 is 2.83. The topological polar surface area (TPSA) is 0 Å². The van der Waals surface area contributed by atoms with Crippen molar-refractivity contribution in [3.8, 4) is 0 Å². The molecule has 0 nitrogen and oxygen atoms in total. The fourth-order valence-electron chi connectivity index (χ4n) is 9.50. The van der Waals surface area contributed by atoms with Crippen LogP contribution in [0.5, 0.6) is 0 Å². The molecule has 0 saturated heterocycles. The van der Waals surface area contributed by atoms with Gasteiger partial charge in [-0.3, -0.25) is 12.2 Å². The van der Waals surface area contributed by atoms with Crippen LogP contribution in [0.15, 0.2) is 266 Å². The molecule has 2 aliphatic rings. The maximum Gasteiger partial charge on any atom is -0.0771 e. The minimum atomic E-state index is 0. The van der Waals surface area contributed by atoms with Crippen LogP contribution >= 0.6 is 0 Å². The van der Waals surface area contributed by atoms with Gasteiger partial charge in [-0.2, -0.15) is 12.2 Å². The summed E-state index contributed by atoms with van der Waals surface area (Å²) in [5.41, 5.74) is 8.17. The van der Waals surface area contributed by atoms with E-state index in [1.54, 1.807) is 0 Å². The quantitative estimate of drug-likeness (QED) is 0.107. The molecule has 0 aromatic heterocycles. The van der Waals surface area contributed by atoms with E-state index < -0.39 is 0 Å². The van der Waals surface area contributed by atoms with E-state index in [0.29, 0.717) is 11.8 Å². The fourth-order valence-corrected chi connectivity index (χ4v) is 11.1. The standard InChI is InChI=1S/2C13H9.2C13H10.2C11H17.2ClH.2Zr/c2*1-3-7-12-10(5-1)9-11-6-2-4-8-13(11)12;2*1-3-7-12(8-4-1)11-13-9-5-2-6-10-13;2*1-3-5-10-7-8-11(9-10)6-4-2;;;;/h2*1-9H;2*1-10H;2*7-8,10H,3-6H2,1-2H3;2*1H;;/q2*-1;;;2*-1;;;2*+2/p-2. The van der Waals surface area contributed by atoms with Crippen LogP contribution in [0.25, 0.3) is 43.1 Å². The van der Waals surface area contributed by atoms with Gasteiger partial charge in [0.2, 0.25) is 0 Å². The van der Waals surface area contributed by atoms with Crippen LogP contribution in [0, 0.1) is 24.0 Å². The van der Waals surface area contributed by atoms with Crippen LogP contribution in [0.1, 0.15) is 101 Å². The van der Waals surface area contributed by atoms with Crippen molar-refractivity contribution in [3.63, 3.8) is 0 Å². The zero-order valence-electron chi connectivity index (χ0n) is 45.8. The molecule has 0 bridgehead atoms. The number of hydrogen-bond acceptors (Lipinski definition) is 0. The first-order valence-corrected chi connectivity index (χ1v) is 29.9. The second-order valence-electron chi connectivity index (χ2n) is 19.2. The summed E-state index contributed by atoms with van der Waals surface area (Å²) in [4.78, 5) is 0. The zero-order chi connectivity index (χ0) is 53.2. The first kappa shape index (κ1) is 63.4. The third kappa shape index (κ3) is 19.4. The van der Waals surface area contributed by atoms with Gasteiger partial charge >= 0.3 is 198 Å². The van der Waals surface area contributed by atoms with Crippen LogP contribution in [0.4, 0.5) is 0 Å². The Morgan fingerprint density at radius 3 is 0.833 bits per heavy atom. The minimum Gasteiger partial charge on any atom is -0.126 e. The summed E-state index contributed by atoms with van der Waals surface area (Å²) in [5.74, 6) is 1.25. The second-order valence-corrected chi connectivity index (χ2v) is 21.7. The number of allylic oxidation sites excluding steroid dienone is 8. The largest absolute Gasteiger partial charge is 0.126 e. The predicted molar refractivity (Wildman–Crippen MR) is 325 cm³/mol. The van der Waals surface area contributed by atoms with Crippen LogP contribution in [0.3, 0.4) is 0 Å². The minimum absolute atomic E-state index is 0. The van der Waals surface area contributed by atoms with Crippen molar-refractivity contribution >= 4 is 49.5 Å². The molecular weight excluding hydrogens is 1140 g/mol. The molecule has 2 unspecified atom stereocenters. The van der Waals surface area contributed by atoms with E-state index in [-0.39, 0.29) is 24.8 Å². The van der Waals surface area contributed by atoms with Crippen molar-refractivity contribution in [2.45, 2.75) is 79.1 Å². The van der Waals surface area contributed by atoms with Crippen molar-refractivity contribution in [2.75, 3.05) is 0 Å². The summed E-state index contributed by atoms with van der Waals surface area (Å²) in [6, 6.07) is 80.8. The van der Waals surface area contributed by atoms with Gasteiger partial charge in [-0.25, -0.2) is 23.3 Å². The first-order chi connectivity index (χ1) is 37.4. The van der Waals surface area contributed by atoms with Gasteiger partial charge in [-0.05, 0) is 0 Å². The van der Waals surface area contributed by atoms with Crippen LogP contribution < -0.4 is 24.8 Å². The molecule has 0 fully saturated rings. The predicted octanol–water partition coefficient (Wildman–Crippen LogP) is 14.0. The molecule has 0 heterocycles. The molecule has 0 amide bonds. The van der Waals surface area contributed by atoms with Crippen molar-refractivity contribution < 1.29 is 73.3 Å². The number of rotatable bonds is 12. The molecule has 392 valence electrons. The second kappa shape index (κ2) is 35.2. The number of benzene rings is 8. The van der Waals surface area contributed by atoms with Gasteiger partial charge in [0, 0.05) is 0 Å². The maximum atomic E-state index is 3.50. The Labute approximate surface area is 509 Å². The van der Waals surface area contributed by atoms with E-state index in [2.05, 4.69) is 295 Å². The summed E-state index contributed by atoms with van der Waals surface area (Å²) in [5, 5.41) is 10.8. The average Bonchev–Trinajstić information content (AvgIpc) is 4.35. The van der Waals surface area contributed by atoms with Gasteiger partial charge in [0.05, 0.1) is 0 Å². The molecule has 10 aromatic rings. The fraction of sp³-hybridized carbons (Fsp3) is 0.189. The Kier molecular flexibility index (Phi) is 28.6. The van der Waals surface area contributed by atoms with Gasteiger partial charge < -0.3 is 24.8 Å². The monoisotopic (exact) mass is 1210 g/mol. The van der Waals surface area contributed by atoms with Gasteiger partial charge in [0.1, 0.15) is 0 Å². The normalized spacial score (nSPS) is 13.5. The molecule has 0 aliphatic heterocycles. The molecule has 12 rings (SSSR count). The molecule has 0 radical (unpaired) electrons. The van der Waals surface area contributed by atoms with Crippen LogP contribution in [-0.2, 0) is 48.5 Å². The molecule has 2 atom stereocenters. The SMILES string of the molecule is CCCC1=[C-]C(CCC)C=C1.CCCC1=[C-]C(CCC)C=C1.[Cl-].[Cl-].[Zr+2]=[C](c1ccccc1)c1ccccc1.[Zr+2]=[C](c1ccccc1)c1ccccc1.c1ccc2c(c1)[cH-]c1ccccc12.c1ccc2c(c1)[cH-]c1ccccc12. The van der Waals surface area contributed by atoms with Crippen molar-refractivity contribution in [1.82, 2.24) is 0 Å². The van der Waals surface area contributed by atoms with E-state index in [1.165, 1.54) is 183 Å². The Balaban J connectivity index is 0.000000172. The van der Waals surface area contributed by atoms with E-state index in [9.17, 15) is 0 Å². The summed E-state index contributed by atoms with van der Waals surface area (Å²) in [7, 11) is 0. The summed E-state index contributed by atoms with van der Waals surface area (Å²) >= 11 is 2.92. The smallest absolute Gasteiger partial charge is 0.0771 e. The molecule has 10 aromatic carbocycles. The van der Waals surface area contributed by atoms with Crippen molar-refractivity contribution in [3.05, 3.63) is 300 Å². The van der Waals surface area contributed by atoms with E-state index in [4.69, 9.17) is 0 Å². The van der Waals surface area contributed by atoms with Crippen LogP contribution in [-0.4, -0.2) is 6.41 Å². The van der Waals surface area contributed by atoms with E-state index in [1.807, 2.05) is 0 Å². The molecule has 0 N–H and O–H groups in total. The third-order valence-corrected chi connectivity index (χ3v) is 16.2. The van der Waals surface area contributed by atoms with E-state index in [0.717, 1.165) is 0 Å². The Bertz CT molecular complexity index is 3030. The zero-order valence-corrected chi connectivity index (χ0v) is 52.2. The molecular formula is C74H72Cl2Zr2-2. The summed E-state index contributed by atoms with van der Waals surface area (Å²) in [6.07, 6.45) is 26.0. The van der Waals surface area contributed by atoms with Crippen LogP contribution in [0.2, 0.25) is 0 Å². The number of halogens is 2. The summed E-state index contributed by atoms with van der Waals surface area (Å²) in [6.45, 7) is 8.89. The average molecular weight is 1210 g/mol. The number of hydrogen-bond donors (Lipinski definition) is 0.